The summed E-state index contributed by atoms with van der Waals surface area (Å²) in [5.41, 5.74) is 3.86. The summed E-state index contributed by atoms with van der Waals surface area (Å²) in [6, 6.07) is 11.0. The zero-order chi connectivity index (χ0) is 23.1. The van der Waals surface area contributed by atoms with Crippen LogP contribution in [0.1, 0.15) is 49.4 Å². The Morgan fingerprint density at radius 1 is 1.10 bits per heavy atom. The Hall–Kier alpha value is -2.53. The lowest BCUT2D eigenvalue weighted by atomic mass is 10.1. The molecule has 2 amide bonds. The minimum atomic E-state index is -0.576. The third kappa shape index (κ3) is 7.00. The normalized spacial score (nSPS) is 11.9. The first-order valence-electron chi connectivity index (χ1n) is 10.7. The number of nitrogens with one attached hydrogen (secondary N) is 1. The summed E-state index contributed by atoms with van der Waals surface area (Å²) in [4.78, 5) is 27.7. The molecule has 5 nitrogen and oxygen atoms in total. The molecule has 1 atom stereocenters. The minimum absolute atomic E-state index is 0.00580. The first kappa shape index (κ1) is 24.7. The first-order valence-corrected chi connectivity index (χ1v) is 11.0. The van der Waals surface area contributed by atoms with E-state index < -0.39 is 6.04 Å². The molecule has 2 rings (SSSR count). The van der Waals surface area contributed by atoms with E-state index in [9.17, 15) is 9.59 Å². The number of ether oxygens (including phenoxy) is 1. The van der Waals surface area contributed by atoms with Gasteiger partial charge in [0.25, 0.3) is 5.91 Å². The van der Waals surface area contributed by atoms with Gasteiger partial charge < -0.3 is 15.0 Å². The molecular weight excluding hydrogens is 412 g/mol. The zero-order valence-electron chi connectivity index (χ0n) is 19.3. The molecule has 0 heterocycles. The van der Waals surface area contributed by atoms with Gasteiger partial charge in [-0.15, -0.1) is 0 Å². The number of carbonyl (C=O) groups is 2. The van der Waals surface area contributed by atoms with Crippen LogP contribution >= 0.6 is 11.6 Å². The molecule has 0 radical (unpaired) electrons. The Morgan fingerprint density at radius 2 is 1.74 bits per heavy atom. The smallest absolute Gasteiger partial charge is 0.261 e. The van der Waals surface area contributed by atoms with Gasteiger partial charge in [-0.25, -0.2) is 0 Å². The molecule has 0 spiro atoms. The number of aryl methyl sites for hydroxylation is 3. The van der Waals surface area contributed by atoms with Gasteiger partial charge in [0.2, 0.25) is 5.91 Å². The standard InChI is InChI=1S/C25H33ClN2O3/c1-7-22(25(30)27-16(2)3)28(14-20-10-8-9-17(4)11-20)23(29)15-31-21-12-18(5)24(26)19(6)13-21/h8-13,16,22H,7,14-15H2,1-6H3,(H,27,30)/t22-/m1/s1. The molecule has 0 bridgehead atoms. The van der Waals surface area contributed by atoms with E-state index in [0.29, 0.717) is 23.7 Å². The van der Waals surface area contributed by atoms with Crippen molar-refractivity contribution in [3.63, 3.8) is 0 Å². The number of hydrogen-bond acceptors (Lipinski definition) is 3. The van der Waals surface area contributed by atoms with Crippen LogP contribution < -0.4 is 10.1 Å². The van der Waals surface area contributed by atoms with Crippen molar-refractivity contribution >= 4 is 23.4 Å². The van der Waals surface area contributed by atoms with E-state index in [4.69, 9.17) is 16.3 Å². The molecule has 6 heteroatoms. The van der Waals surface area contributed by atoms with Crippen LogP contribution in [0.4, 0.5) is 0 Å². The molecule has 0 aromatic heterocycles. The highest BCUT2D eigenvalue weighted by molar-refractivity contribution is 6.32. The average Bonchev–Trinajstić information content (AvgIpc) is 2.69. The number of hydrogen-bond donors (Lipinski definition) is 1. The fourth-order valence-electron chi connectivity index (χ4n) is 3.52. The molecule has 1 N–H and O–H groups in total. The first-order chi connectivity index (χ1) is 14.6. The van der Waals surface area contributed by atoms with Crippen LogP contribution in [0.25, 0.3) is 0 Å². The van der Waals surface area contributed by atoms with Gasteiger partial charge in [-0.05, 0) is 69.9 Å². The van der Waals surface area contributed by atoms with Crippen LogP contribution in [-0.2, 0) is 16.1 Å². The molecule has 0 aliphatic heterocycles. The van der Waals surface area contributed by atoms with Gasteiger partial charge in [0, 0.05) is 17.6 Å². The van der Waals surface area contributed by atoms with E-state index in [2.05, 4.69) is 5.32 Å². The monoisotopic (exact) mass is 444 g/mol. The van der Waals surface area contributed by atoms with Crippen LogP contribution in [-0.4, -0.2) is 35.4 Å². The predicted molar refractivity (Wildman–Crippen MR) is 126 cm³/mol. The second-order valence-electron chi connectivity index (χ2n) is 8.26. The molecule has 0 saturated carbocycles. The molecule has 0 saturated heterocycles. The van der Waals surface area contributed by atoms with Gasteiger partial charge in [0.1, 0.15) is 11.8 Å². The number of amides is 2. The number of nitrogens with zero attached hydrogens (tertiary/aromatic N) is 1. The molecular formula is C25H33ClN2O3. The van der Waals surface area contributed by atoms with E-state index in [0.717, 1.165) is 22.3 Å². The molecule has 0 aliphatic carbocycles. The molecule has 168 valence electrons. The fraction of sp³-hybridized carbons (Fsp3) is 0.440. The van der Waals surface area contributed by atoms with Gasteiger partial charge in [0.05, 0.1) is 0 Å². The lowest BCUT2D eigenvalue weighted by molar-refractivity contribution is -0.143. The fourth-order valence-corrected chi connectivity index (χ4v) is 3.63. The highest BCUT2D eigenvalue weighted by atomic mass is 35.5. The third-order valence-corrected chi connectivity index (χ3v) is 5.62. The third-order valence-electron chi connectivity index (χ3n) is 5.02. The highest BCUT2D eigenvalue weighted by Gasteiger charge is 2.29. The van der Waals surface area contributed by atoms with Gasteiger partial charge >= 0.3 is 0 Å². The number of rotatable bonds is 9. The predicted octanol–water partition coefficient (Wildman–Crippen LogP) is 4.98. The lowest BCUT2D eigenvalue weighted by Gasteiger charge is -2.31. The summed E-state index contributed by atoms with van der Waals surface area (Å²) in [5, 5.41) is 3.62. The zero-order valence-corrected chi connectivity index (χ0v) is 20.0. The maximum atomic E-state index is 13.2. The second kappa shape index (κ2) is 11.2. The molecule has 0 aliphatic rings. The van der Waals surface area contributed by atoms with Gasteiger partial charge in [0.15, 0.2) is 6.61 Å². The van der Waals surface area contributed by atoms with Crippen LogP contribution in [0.3, 0.4) is 0 Å². The van der Waals surface area contributed by atoms with Crippen molar-refractivity contribution in [1.29, 1.82) is 0 Å². The van der Waals surface area contributed by atoms with Crippen LogP contribution in [0.15, 0.2) is 36.4 Å². The summed E-state index contributed by atoms with van der Waals surface area (Å²) in [6.07, 6.45) is 0.509. The summed E-state index contributed by atoms with van der Waals surface area (Å²) >= 11 is 6.23. The number of halogens is 1. The maximum Gasteiger partial charge on any atom is 0.261 e. The van der Waals surface area contributed by atoms with Crippen molar-refractivity contribution in [2.75, 3.05) is 6.61 Å². The second-order valence-corrected chi connectivity index (χ2v) is 8.64. The lowest BCUT2D eigenvalue weighted by Crippen LogP contribution is -2.51. The van der Waals surface area contributed by atoms with E-state index in [-0.39, 0.29) is 24.5 Å². The molecule has 0 unspecified atom stereocenters. The van der Waals surface area contributed by atoms with Gasteiger partial charge in [-0.1, -0.05) is 48.4 Å². The minimum Gasteiger partial charge on any atom is -0.484 e. The quantitative estimate of drug-likeness (QED) is 0.593. The Kier molecular flexibility index (Phi) is 8.93. The van der Waals surface area contributed by atoms with Crippen molar-refractivity contribution in [1.82, 2.24) is 10.2 Å². The maximum absolute atomic E-state index is 13.2. The van der Waals surface area contributed by atoms with Crippen molar-refractivity contribution in [2.24, 2.45) is 0 Å². The average molecular weight is 445 g/mol. The summed E-state index contributed by atoms with van der Waals surface area (Å²) in [6.45, 7) is 11.7. The van der Waals surface area contributed by atoms with Crippen molar-refractivity contribution in [2.45, 2.75) is 66.6 Å². The number of carbonyl (C=O) groups excluding carboxylic acids is 2. The van der Waals surface area contributed by atoms with Crippen molar-refractivity contribution < 1.29 is 14.3 Å². The van der Waals surface area contributed by atoms with Crippen LogP contribution in [0, 0.1) is 20.8 Å². The summed E-state index contributed by atoms with van der Waals surface area (Å²) < 4.78 is 5.80. The SMILES string of the molecule is CC[C@H](C(=O)NC(C)C)N(Cc1cccc(C)c1)C(=O)COc1cc(C)c(Cl)c(C)c1. The summed E-state index contributed by atoms with van der Waals surface area (Å²) in [5.74, 6) is 0.192. The van der Waals surface area contributed by atoms with Crippen molar-refractivity contribution in [3.05, 3.63) is 63.7 Å². The Balaban J connectivity index is 2.25. The molecule has 2 aromatic carbocycles. The van der Waals surface area contributed by atoms with Gasteiger partial charge in [-0.3, -0.25) is 9.59 Å². The van der Waals surface area contributed by atoms with Gasteiger partial charge in [-0.2, -0.15) is 0 Å². The van der Waals surface area contributed by atoms with E-state index in [1.807, 2.05) is 77.9 Å². The Labute approximate surface area is 190 Å². The Morgan fingerprint density at radius 3 is 2.29 bits per heavy atom. The highest BCUT2D eigenvalue weighted by Crippen LogP contribution is 2.26. The van der Waals surface area contributed by atoms with E-state index >= 15 is 0 Å². The largest absolute Gasteiger partial charge is 0.484 e. The molecule has 2 aromatic rings. The van der Waals surface area contributed by atoms with Crippen LogP contribution in [0.2, 0.25) is 5.02 Å². The molecule has 31 heavy (non-hydrogen) atoms. The summed E-state index contributed by atoms with van der Waals surface area (Å²) in [7, 11) is 0. The van der Waals surface area contributed by atoms with Crippen molar-refractivity contribution in [3.8, 4) is 5.75 Å². The van der Waals surface area contributed by atoms with E-state index in [1.165, 1.54) is 0 Å². The van der Waals surface area contributed by atoms with E-state index in [1.54, 1.807) is 4.90 Å². The molecule has 0 fully saturated rings. The topological polar surface area (TPSA) is 58.6 Å². The van der Waals surface area contributed by atoms with Crippen LogP contribution in [0.5, 0.6) is 5.75 Å². The number of benzene rings is 2. The Bertz CT molecular complexity index is 904.